The number of hydrogen-bond acceptors (Lipinski definition) is 6. The molecular weight excluding hydrogens is 404 g/mol. The maximum absolute atomic E-state index is 13.8. The topological polar surface area (TPSA) is 84.6 Å². The van der Waals surface area contributed by atoms with Crippen LogP contribution >= 0.6 is 0 Å². The third kappa shape index (κ3) is 5.46. The molecule has 0 bridgehead atoms. The van der Waals surface area contributed by atoms with Crippen molar-refractivity contribution in [1.29, 1.82) is 0 Å². The monoisotopic (exact) mass is 431 g/mol. The van der Waals surface area contributed by atoms with Crippen molar-refractivity contribution in [3.8, 4) is 5.75 Å². The lowest BCUT2D eigenvalue weighted by Gasteiger charge is -2.37. The quantitative estimate of drug-likeness (QED) is 0.784. The number of ether oxygens (including phenoxy) is 1. The van der Waals surface area contributed by atoms with E-state index in [9.17, 15) is 13.6 Å². The molecule has 2 aromatic rings. The molecule has 3 heterocycles. The van der Waals surface area contributed by atoms with Gasteiger partial charge < -0.3 is 15.4 Å². The summed E-state index contributed by atoms with van der Waals surface area (Å²) in [7, 11) is 0. The van der Waals surface area contributed by atoms with E-state index in [1.54, 1.807) is 12.4 Å². The molecule has 31 heavy (non-hydrogen) atoms. The average molecular weight is 431 g/mol. The van der Waals surface area contributed by atoms with E-state index in [0.29, 0.717) is 25.9 Å². The highest BCUT2D eigenvalue weighted by molar-refractivity contribution is 5.79. The summed E-state index contributed by atoms with van der Waals surface area (Å²) in [5, 5.41) is 0. The Morgan fingerprint density at radius 3 is 2.39 bits per heavy atom. The van der Waals surface area contributed by atoms with Crippen LogP contribution in [-0.2, 0) is 11.3 Å². The Hall–Kier alpha value is -2.81. The number of anilines is 1. The molecule has 1 aromatic heterocycles. The predicted molar refractivity (Wildman–Crippen MR) is 111 cm³/mol. The average Bonchev–Trinajstić information content (AvgIpc) is 2.78. The van der Waals surface area contributed by atoms with E-state index in [2.05, 4.69) is 14.9 Å². The first-order chi connectivity index (χ1) is 15.0. The second kappa shape index (κ2) is 9.55. The number of nitrogens with zero attached hydrogens (tertiary/aromatic N) is 4. The minimum absolute atomic E-state index is 0.0333. The summed E-state index contributed by atoms with van der Waals surface area (Å²) in [6, 6.07) is 3.32. The van der Waals surface area contributed by atoms with Crippen molar-refractivity contribution in [3.63, 3.8) is 0 Å². The van der Waals surface area contributed by atoms with Gasteiger partial charge in [-0.15, -0.1) is 0 Å². The fourth-order valence-corrected chi connectivity index (χ4v) is 4.25. The van der Waals surface area contributed by atoms with Gasteiger partial charge in [-0.25, -0.2) is 18.7 Å². The number of piperidine rings is 2. The molecule has 166 valence electrons. The van der Waals surface area contributed by atoms with Gasteiger partial charge in [0.05, 0.1) is 0 Å². The highest BCUT2D eigenvalue weighted by atomic mass is 19.1. The zero-order chi connectivity index (χ0) is 21.8. The first kappa shape index (κ1) is 21.4. The highest BCUT2D eigenvalue weighted by Gasteiger charge is 2.31. The Morgan fingerprint density at radius 2 is 1.74 bits per heavy atom. The van der Waals surface area contributed by atoms with Gasteiger partial charge in [0.1, 0.15) is 11.9 Å². The van der Waals surface area contributed by atoms with Crippen molar-refractivity contribution in [1.82, 2.24) is 19.8 Å². The molecule has 1 amide bonds. The van der Waals surface area contributed by atoms with E-state index in [1.165, 1.54) is 12.1 Å². The predicted octanol–water partition coefficient (Wildman–Crippen LogP) is 2.62. The van der Waals surface area contributed by atoms with Crippen molar-refractivity contribution >= 4 is 11.9 Å². The largest absolute Gasteiger partial charge is 0.487 e. The Bertz CT molecular complexity index is 895. The number of aromatic nitrogens is 2. The second-order valence-electron chi connectivity index (χ2n) is 8.22. The lowest BCUT2D eigenvalue weighted by Crippen LogP contribution is -2.47. The fourth-order valence-electron chi connectivity index (χ4n) is 4.25. The molecule has 2 aliphatic heterocycles. The smallest absolute Gasteiger partial charge is 0.225 e. The van der Waals surface area contributed by atoms with Crippen molar-refractivity contribution in [3.05, 3.63) is 47.8 Å². The van der Waals surface area contributed by atoms with Crippen molar-refractivity contribution < 1.29 is 18.3 Å². The van der Waals surface area contributed by atoms with Gasteiger partial charge in [0.25, 0.3) is 0 Å². The number of hydrogen-bond donors (Lipinski definition) is 1. The lowest BCUT2D eigenvalue weighted by molar-refractivity contribution is -0.139. The molecule has 2 saturated heterocycles. The number of amides is 1. The highest BCUT2D eigenvalue weighted by Crippen LogP contribution is 2.26. The Balaban J connectivity index is 1.21. The summed E-state index contributed by atoms with van der Waals surface area (Å²) in [6.07, 6.45) is 6.23. The van der Waals surface area contributed by atoms with Crippen LogP contribution in [0.4, 0.5) is 14.7 Å². The Kier molecular flexibility index (Phi) is 6.60. The van der Waals surface area contributed by atoms with Gasteiger partial charge in [0.15, 0.2) is 11.6 Å². The molecule has 2 fully saturated rings. The molecule has 4 rings (SSSR count). The molecule has 0 radical (unpaired) electrons. The number of nitrogens with two attached hydrogens (primary N) is 1. The number of benzene rings is 1. The molecule has 0 unspecified atom stereocenters. The van der Waals surface area contributed by atoms with Gasteiger partial charge in [0, 0.05) is 62.4 Å². The minimum atomic E-state index is -0.698. The van der Waals surface area contributed by atoms with Crippen molar-refractivity contribution in [2.24, 2.45) is 5.92 Å². The molecule has 1 aromatic carbocycles. The van der Waals surface area contributed by atoms with Gasteiger partial charge in [-0.3, -0.25) is 9.69 Å². The first-order valence-electron chi connectivity index (χ1n) is 10.7. The first-order valence-corrected chi connectivity index (χ1v) is 10.7. The van der Waals surface area contributed by atoms with E-state index in [1.807, 2.05) is 4.90 Å². The van der Waals surface area contributed by atoms with Crippen LogP contribution in [0.1, 0.15) is 31.2 Å². The normalized spacial score (nSPS) is 18.8. The van der Waals surface area contributed by atoms with E-state index >= 15 is 0 Å². The van der Waals surface area contributed by atoms with Crippen LogP contribution in [0.25, 0.3) is 0 Å². The number of likely N-dealkylation sites (tertiary alicyclic amines) is 2. The third-order valence-electron chi connectivity index (χ3n) is 6.01. The van der Waals surface area contributed by atoms with Gasteiger partial charge in [-0.05, 0) is 38.1 Å². The van der Waals surface area contributed by atoms with Crippen LogP contribution in [0.3, 0.4) is 0 Å². The molecule has 0 atom stereocenters. The summed E-state index contributed by atoms with van der Waals surface area (Å²) in [6.45, 7) is 3.64. The van der Waals surface area contributed by atoms with E-state index in [4.69, 9.17) is 10.5 Å². The fraction of sp³-hybridized carbons (Fsp3) is 0.500. The van der Waals surface area contributed by atoms with Gasteiger partial charge in [0.2, 0.25) is 11.9 Å². The second-order valence-corrected chi connectivity index (χ2v) is 8.22. The zero-order valence-corrected chi connectivity index (χ0v) is 17.3. The maximum Gasteiger partial charge on any atom is 0.225 e. The number of halogens is 2. The van der Waals surface area contributed by atoms with E-state index < -0.39 is 11.6 Å². The number of carbonyl (C=O) groups excluding carboxylic acids is 1. The molecule has 7 nitrogen and oxygen atoms in total. The van der Waals surface area contributed by atoms with E-state index in [-0.39, 0.29) is 29.6 Å². The molecule has 9 heteroatoms. The minimum Gasteiger partial charge on any atom is -0.487 e. The van der Waals surface area contributed by atoms with Crippen LogP contribution in [0.15, 0.2) is 30.6 Å². The van der Waals surface area contributed by atoms with Crippen LogP contribution in [0.5, 0.6) is 5.75 Å². The molecule has 0 spiro atoms. The van der Waals surface area contributed by atoms with Crippen LogP contribution < -0.4 is 10.5 Å². The summed E-state index contributed by atoms with van der Waals surface area (Å²) < 4.78 is 32.5. The number of nitrogen functional groups attached to an aromatic ring is 1. The Labute approximate surface area is 180 Å². The Morgan fingerprint density at radius 1 is 1.06 bits per heavy atom. The van der Waals surface area contributed by atoms with Crippen molar-refractivity contribution in [2.75, 3.05) is 31.9 Å². The zero-order valence-electron chi connectivity index (χ0n) is 17.3. The number of carbonyl (C=O) groups is 1. The van der Waals surface area contributed by atoms with Crippen LogP contribution in [0.2, 0.25) is 0 Å². The lowest BCUT2D eigenvalue weighted by atomic mass is 9.94. The van der Waals surface area contributed by atoms with Gasteiger partial charge in [-0.2, -0.15) is 0 Å². The summed E-state index contributed by atoms with van der Waals surface area (Å²) in [5.41, 5.74) is 6.54. The standard InChI is InChI=1S/C22H27F2N5O2/c23-17-1-2-20(19(24)11-17)31-18-5-9-29(10-6-18)21(30)16-3-7-28(8-4-16)14-15-12-26-22(25)27-13-15/h1-2,11-13,16,18H,3-10,14H2,(H2,25,26,27). The molecular formula is C22H27F2N5O2. The molecule has 0 saturated carbocycles. The van der Waals surface area contributed by atoms with E-state index in [0.717, 1.165) is 44.1 Å². The maximum atomic E-state index is 13.8. The summed E-state index contributed by atoms with van der Waals surface area (Å²) in [5.74, 6) is -0.767. The van der Waals surface area contributed by atoms with Gasteiger partial charge >= 0.3 is 0 Å². The van der Waals surface area contributed by atoms with Crippen LogP contribution in [-0.4, -0.2) is 58.0 Å². The molecule has 2 aliphatic rings. The summed E-state index contributed by atoms with van der Waals surface area (Å²) >= 11 is 0. The SMILES string of the molecule is Nc1ncc(CN2CCC(C(=O)N3CCC(Oc4ccc(F)cc4F)CC3)CC2)cn1. The van der Waals surface area contributed by atoms with Crippen LogP contribution in [0, 0.1) is 17.6 Å². The molecule has 0 aliphatic carbocycles. The van der Waals surface area contributed by atoms with Gasteiger partial charge in [-0.1, -0.05) is 0 Å². The van der Waals surface area contributed by atoms with Crippen molar-refractivity contribution in [2.45, 2.75) is 38.3 Å². The number of rotatable bonds is 5. The molecule has 2 N–H and O–H groups in total. The third-order valence-corrected chi connectivity index (χ3v) is 6.01. The summed E-state index contributed by atoms with van der Waals surface area (Å²) in [4.78, 5) is 25.2.